The van der Waals surface area contributed by atoms with E-state index in [1.807, 2.05) is 25.6 Å². The molecule has 2 unspecified atom stereocenters. The summed E-state index contributed by atoms with van der Waals surface area (Å²) >= 11 is 1.86. The quantitative estimate of drug-likeness (QED) is 0.749. The minimum atomic E-state index is -0.451. The lowest BCUT2D eigenvalue weighted by Crippen LogP contribution is -2.60. The van der Waals surface area contributed by atoms with Crippen LogP contribution in [0.4, 0.5) is 0 Å². The first-order chi connectivity index (χ1) is 7.17. The van der Waals surface area contributed by atoms with Crippen LogP contribution in [-0.2, 0) is 9.53 Å². The molecule has 4 heteroatoms. The molecular formula is C11H21NO2S. The molecule has 0 aliphatic carbocycles. The van der Waals surface area contributed by atoms with E-state index in [2.05, 4.69) is 12.2 Å². The van der Waals surface area contributed by atoms with Crippen LogP contribution in [0, 0.1) is 0 Å². The summed E-state index contributed by atoms with van der Waals surface area (Å²) in [5.41, 5.74) is -0.451. The molecule has 1 heterocycles. The molecule has 1 saturated heterocycles. The monoisotopic (exact) mass is 231 g/mol. The van der Waals surface area contributed by atoms with E-state index in [1.165, 1.54) is 0 Å². The minimum Gasteiger partial charge on any atom is -0.465 e. The highest BCUT2D eigenvalue weighted by atomic mass is 32.2. The average molecular weight is 231 g/mol. The molecule has 0 amide bonds. The third kappa shape index (κ3) is 2.67. The van der Waals surface area contributed by atoms with Gasteiger partial charge in [-0.25, -0.2) is 0 Å². The molecule has 1 fully saturated rings. The summed E-state index contributed by atoms with van der Waals surface area (Å²) in [6.45, 7) is 7.28. The summed E-state index contributed by atoms with van der Waals surface area (Å²) in [6, 6.07) is 0. The lowest BCUT2D eigenvalue weighted by Gasteiger charge is -2.40. The maximum Gasteiger partial charge on any atom is 0.327 e. The summed E-state index contributed by atoms with van der Waals surface area (Å²) in [7, 11) is 0. The van der Waals surface area contributed by atoms with E-state index < -0.39 is 5.54 Å². The zero-order valence-electron chi connectivity index (χ0n) is 9.84. The van der Waals surface area contributed by atoms with E-state index in [1.54, 1.807) is 0 Å². The number of thioether (sulfide) groups is 1. The van der Waals surface area contributed by atoms with Gasteiger partial charge in [0.15, 0.2) is 0 Å². The third-order valence-electron chi connectivity index (χ3n) is 2.91. The van der Waals surface area contributed by atoms with Crippen molar-refractivity contribution in [3.63, 3.8) is 0 Å². The van der Waals surface area contributed by atoms with Gasteiger partial charge in [0.05, 0.1) is 6.61 Å². The molecule has 0 aromatic carbocycles. The highest BCUT2D eigenvalue weighted by Gasteiger charge is 2.45. The van der Waals surface area contributed by atoms with Crippen LogP contribution in [-0.4, -0.2) is 35.7 Å². The maximum atomic E-state index is 12.0. The van der Waals surface area contributed by atoms with Crippen LogP contribution in [0.1, 0.15) is 33.6 Å². The van der Waals surface area contributed by atoms with Gasteiger partial charge in [-0.1, -0.05) is 13.8 Å². The second-order valence-corrected chi connectivity index (χ2v) is 5.29. The van der Waals surface area contributed by atoms with E-state index in [-0.39, 0.29) is 5.97 Å². The van der Waals surface area contributed by atoms with Crippen LogP contribution in [0.25, 0.3) is 0 Å². The predicted octanol–water partition coefficient (Wildman–Crippen LogP) is 1.81. The van der Waals surface area contributed by atoms with Gasteiger partial charge in [-0.2, -0.15) is 11.8 Å². The molecule has 3 nitrogen and oxygen atoms in total. The number of esters is 1. The Hall–Kier alpha value is -0.220. The van der Waals surface area contributed by atoms with Crippen molar-refractivity contribution < 1.29 is 9.53 Å². The van der Waals surface area contributed by atoms with Gasteiger partial charge < -0.3 is 10.1 Å². The fourth-order valence-corrected chi connectivity index (χ4v) is 3.35. The van der Waals surface area contributed by atoms with Gasteiger partial charge in [-0.05, 0) is 32.1 Å². The summed E-state index contributed by atoms with van der Waals surface area (Å²) in [6.07, 6.45) is 1.98. The van der Waals surface area contributed by atoms with Gasteiger partial charge >= 0.3 is 5.97 Å². The van der Waals surface area contributed by atoms with Crippen molar-refractivity contribution in [3.05, 3.63) is 0 Å². The molecular weight excluding hydrogens is 210 g/mol. The minimum absolute atomic E-state index is 0.0773. The molecule has 1 rings (SSSR count). The Balaban J connectivity index is 2.79. The van der Waals surface area contributed by atoms with Gasteiger partial charge in [0.2, 0.25) is 0 Å². The van der Waals surface area contributed by atoms with Crippen molar-refractivity contribution in [3.8, 4) is 0 Å². The van der Waals surface area contributed by atoms with Crippen LogP contribution < -0.4 is 5.32 Å². The number of hydrogen-bond donors (Lipinski definition) is 1. The summed E-state index contributed by atoms with van der Waals surface area (Å²) in [4.78, 5) is 12.0. The lowest BCUT2D eigenvalue weighted by atomic mass is 9.89. The number of hydrogen-bond acceptors (Lipinski definition) is 4. The molecule has 15 heavy (non-hydrogen) atoms. The highest BCUT2D eigenvalue weighted by molar-refractivity contribution is 8.00. The Morgan fingerprint density at radius 3 is 2.87 bits per heavy atom. The first-order valence-corrected chi connectivity index (χ1v) is 6.76. The molecule has 2 atom stereocenters. The number of ether oxygens (including phenoxy) is 1. The van der Waals surface area contributed by atoms with Crippen molar-refractivity contribution in [1.29, 1.82) is 0 Å². The topological polar surface area (TPSA) is 38.3 Å². The van der Waals surface area contributed by atoms with Crippen molar-refractivity contribution in [2.75, 3.05) is 18.9 Å². The van der Waals surface area contributed by atoms with E-state index in [4.69, 9.17) is 4.74 Å². The van der Waals surface area contributed by atoms with E-state index >= 15 is 0 Å². The molecule has 1 aliphatic rings. The van der Waals surface area contributed by atoms with E-state index in [9.17, 15) is 4.79 Å². The fraction of sp³-hybridized carbons (Fsp3) is 0.909. The standard InChI is InChI=1S/C11H21NO2S/c1-4-12-11(10(13)14-5-2)7-6-8-15-9(11)3/h9,12H,4-8H2,1-3H3. The van der Waals surface area contributed by atoms with Crippen molar-refractivity contribution >= 4 is 17.7 Å². The van der Waals surface area contributed by atoms with Crippen LogP contribution in [0.5, 0.6) is 0 Å². The highest BCUT2D eigenvalue weighted by Crippen LogP contribution is 2.34. The number of nitrogens with one attached hydrogen (secondary N) is 1. The van der Waals surface area contributed by atoms with Crippen LogP contribution in [0.3, 0.4) is 0 Å². The largest absolute Gasteiger partial charge is 0.465 e. The third-order valence-corrected chi connectivity index (χ3v) is 4.34. The normalized spacial score (nSPS) is 31.3. The molecule has 1 N–H and O–H groups in total. The summed E-state index contributed by atoms with van der Waals surface area (Å²) in [5, 5.41) is 3.63. The Bertz CT molecular complexity index is 219. The Labute approximate surface area is 96.3 Å². The molecule has 88 valence electrons. The summed E-state index contributed by atoms with van der Waals surface area (Å²) < 4.78 is 5.19. The number of carbonyl (C=O) groups excluding carboxylic acids is 1. The Kier molecular flexibility index (Phi) is 4.93. The molecule has 0 aromatic rings. The number of likely N-dealkylation sites (N-methyl/N-ethyl adjacent to an activating group) is 1. The maximum absolute atomic E-state index is 12.0. The van der Waals surface area contributed by atoms with Gasteiger partial charge in [-0.3, -0.25) is 4.79 Å². The van der Waals surface area contributed by atoms with Crippen molar-refractivity contribution in [2.45, 2.75) is 44.4 Å². The number of carbonyl (C=O) groups is 1. The van der Waals surface area contributed by atoms with Gasteiger partial charge in [0.1, 0.15) is 5.54 Å². The number of rotatable bonds is 4. The second-order valence-electron chi connectivity index (χ2n) is 3.84. The zero-order valence-corrected chi connectivity index (χ0v) is 10.7. The first-order valence-electron chi connectivity index (χ1n) is 5.71. The van der Waals surface area contributed by atoms with Crippen LogP contribution in [0.15, 0.2) is 0 Å². The SMILES string of the molecule is CCNC1(C(=O)OCC)CCCSC1C. The summed E-state index contributed by atoms with van der Waals surface area (Å²) in [5.74, 6) is 1.07. The first kappa shape index (κ1) is 12.8. The molecule has 0 spiro atoms. The van der Waals surface area contributed by atoms with Gasteiger partial charge in [0.25, 0.3) is 0 Å². The molecule has 0 bridgehead atoms. The van der Waals surface area contributed by atoms with E-state index in [0.717, 1.165) is 25.1 Å². The Morgan fingerprint density at radius 2 is 2.33 bits per heavy atom. The molecule has 0 radical (unpaired) electrons. The van der Waals surface area contributed by atoms with Gasteiger partial charge in [-0.15, -0.1) is 0 Å². The van der Waals surface area contributed by atoms with Crippen molar-refractivity contribution in [1.82, 2.24) is 5.32 Å². The molecule has 0 saturated carbocycles. The average Bonchev–Trinajstić information content (AvgIpc) is 2.22. The van der Waals surface area contributed by atoms with Crippen molar-refractivity contribution in [2.24, 2.45) is 0 Å². The predicted molar refractivity (Wildman–Crippen MR) is 64.2 cm³/mol. The zero-order chi connectivity index (χ0) is 11.3. The van der Waals surface area contributed by atoms with Gasteiger partial charge in [0, 0.05) is 5.25 Å². The second kappa shape index (κ2) is 5.75. The van der Waals surface area contributed by atoms with E-state index in [0.29, 0.717) is 11.9 Å². The smallest absolute Gasteiger partial charge is 0.327 e. The molecule has 0 aromatic heterocycles. The fourth-order valence-electron chi connectivity index (χ4n) is 2.10. The van der Waals surface area contributed by atoms with Crippen LogP contribution in [0.2, 0.25) is 0 Å². The Morgan fingerprint density at radius 1 is 1.60 bits per heavy atom. The molecule has 1 aliphatic heterocycles. The lowest BCUT2D eigenvalue weighted by molar-refractivity contribution is -0.151. The van der Waals surface area contributed by atoms with Crippen LogP contribution >= 0.6 is 11.8 Å².